The van der Waals surface area contributed by atoms with E-state index < -0.39 is 0 Å². The van der Waals surface area contributed by atoms with Gasteiger partial charge in [0.25, 0.3) is 0 Å². The molecule has 1 aliphatic rings. The molecule has 0 saturated carbocycles. The summed E-state index contributed by atoms with van der Waals surface area (Å²) in [5.41, 5.74) is 3.03. The third-order valence-corrected chi connectivity index (χ3v) is 5.83. The summed E-state index contributed by atoms with van der Waals surface area (Å²) in [6.45, 7) is 2.09. The SMILES string of the molecule is c1ccc(-c2ccc3c(n2)sc2c(N4CCCCC4)nnnc23)cc1. The number of piperidine rings is 1. The van der Waals surface area contributed by atoms with Crippen molar-refractivity contribution in [1.82, 2.24) is 20.4 Å². The van der Waals surface area contributed by atoms with Crippen molar-refractivity contribution in [2.24, 2.45) is 0 Å². The largest absolute Gasteiger partial charge is 0.354 e. The molecule has 1 aromatic carbocycles. The fourth-order valence-electron chi connectivity index (χ4n) is 3.45. The molecule has 0 atom stereocenters. The maximum Gasteiger partial charge on any atom is 0.172 e. The monoisotopic (exact) mass is 347 g/mol. The molecule has 5 nitrogen and oxygen atoms in total. The summed E-state index contributed by atoms with van der Waals surface area (Å²) in [6.07, 6.45) is 3.73. The minimum absolute atomic E-state index is 0.919. The van der Waals surface area contributed by atoms with E-state index in [4.69, 9.17) is 4.98 Å². The Hall–Kier alpha value is -2.60. The van der Waals surface area contributed by atoms with Crippen molar-refractivity contribution in [2.75, 3.05) is 18.0 Å². The van der Waals surface area contributed by atoms with E-state index in [0.717, 1.165) is 50.6 Å². The van der Waals surface area contributed by atoms with Crippen LogP contribution in [0.25, 0.3) is 31.7 Å². The van der Waals surface area contributed by atoms with E-state index in [2.05, 4.69) is 44.6 Å². The van der Waals surface area contributed by atoms with Gasteiger partial charge in [-0.1, -0.05) is 30.3 Å². The Morgan fingerprint density at radius 3 is 2.56 bits per heavy atom. The van der Waals surface area contributed by atoms with Crippen molar-refractivity contribution in [1.29, 1.82) is 0 Å². The van der Waals surface area contributed by atoms with Crippen molar-refractivity contribution >= 4 is 37.6 Å². The van der Waals surface area contributed by atoms with Gasteiger partial charge in [0.2, 0.25) is 0 Å². The Morgan fingerprint density at radius 1 is 0.880 bits per heavy atom. The number of nitrogens with zero attached hydrogens (tertiary/aromatic N) is 5. The Kier molecular flexibility index (Phi) is 3.56. The summed E-state index contributed by atoms with van der Waals surface area (Å²) in [7, 11) is 0. The topological polar surface area (TPSA) is 54.8 Å². The van der Waals surface area contributed by atoms with Crippen LogP contribution in [0.5, 0.6) is 0 Å². The van der Waals surface area contributed by atoms with E-state index >= 15 is 0 Å². The lowest BCUT2D eigenvalue weighted by Gasteiger charge is -2.27. The molecular formula is C19H17N5S. The molecule has 1 aliphatic heterocycles. The molecule has 0 N–H and O–H groups in total. The fraction of sp³-hybridized carbons (Fsp3) is 0.263. The van der Waals surface area contributed by atoms with Crippen LogP contribution in [0.3, 0.4) is 0 Å². The standard InChI is InChI=1S/C19H17N5S/c1-3-7-13(8-4-1)15-10-9-14-16-17(25-19(14)20-15)18(22-23-21-16)24-11-5-2-6-12-24/h1,3-4,7-10H,2,5-6,11-12H2. The zero-order valence-electron chi connectivity index (χ0n) is 13.7. The molecule has 25 heavy (non-hydrogen) atoms. The molecule has 0 unspecified atom stereocenters. The van der Waals surface area contributed by atoms with Crippen LogP contribution in [0.2, 0.25) is 0 Å². The second-order valence-corrected chi connectivity index (χ2v) is 7.35. The predicted molar refractivity (Wildman–Crippen MR) is 102 cm³/mol. The van der Waals surface area contributed by atoms with Gasteiger partial charge in [0.1, 0.15) is 15.0 Å². The van der Waals surface area contributed by atoms with Gasteiger partial charge >= 0.3 is 0 Å². The highest BCUT2D eigenvalue weighted by atomic mass is 32.1. The van der Waals surface area contributed by atoms with Crippen LogP contribution in [-0.4, -0.2) is 33.5 Å². The molecule has 1 saturated heterocycles. The summed E-state index contributed by atoms with van der Waals surface area (Å²) >= 11 is 1.67. The second kappa shape index (κ2) is 6.04. The average Bonchev–Trinajstić information content (AvgIpc) is 3.07. The van der Waals surface area contributed by atoms with Crippen LogP contribution in [0.1, 0.15) is 19.3 Å². The summed E-state index contributed by atoms with van der Waals surface area (Å²) in [4.78, 5) is 8.21. The Balaban J connectivity index is 1.67. The Labute approximate surface area is 149 Å². The first-order valence-corrected chi connectivity index (χ1v) is 9.45. The molecule has 124 valence electrons. The number of hydrogen-bond donors (Lipinski definition) is 0. The van der Waals surface area contributed by atoms with E-state index in [0.29, 0.717) is 0 Å². The van der Waals surface area contributed by atoms with Crippen LogP contribution in [0.15, 0.2) is 42.5 Å². The maximum absolute atomic E-state index is 4.87. The van der Waals surface area contributed by atoms with E-state index in [9.17, 15) is 0 Å². The first-order chi connectivity index (χ1) is 12.4. The van der Waals surface area contributed by atoms with Crippen LogP contribution in [0, 0.1) is 0 Å². The molecule has 5 rings (SSSR count). The van der Waals surface area contributed by atoms with Gasteiger partial charge in [0.15, 0.2) is 5.82 Å². The molecule has 0 aliphatic carbocycles. The molecular weight excluding hydrogens is 330 g/mol. The first kappa shape index (κ1) is 14.7. The first-order valence-electron chi connectivity index (χ1n) is 8.63. The molecule has 0 amide bonds. The number of pyridine rings is 1. The summed E-state index contributed by atoms with van der Waals surface area (Å²) in [6, 6.07) is 14.4. The summed E-state index contributed by atoms with van der Waals surface area (Å²) in [5.74, 6) is 0.967. The van der Waals surface area contributed by atoms with E-state index in [1.807, 2.05) is 18.2 Å². The minimum atomic E-state index is 0.919. The quantitative estimate of drug-likeness (QED) is 0.541. The van der Waals surface area contributed by atoms with Crippen molar-refractivity contribution in [3.8, 4) is 11.3 Å². The van der Waals surface area contributed by atoms with Crippen molar-refractivity contribution in [2.45, 2.75) is 19.3 Å². The zero-order valence-corrected chi connectivity index (χ0v) is 14.5. The number of benzene rings is 1. The van der Waals surface area contributed by atoms with Gasteiger partial charge in [-0.2, -0.15) is 0 Å². The van der Waals surface area contributed by atoms with Gasteiger partial charge in [-0.25, -0.2) is 4.98 Å². The average molecular weight is 347 g/mol. The number of aromatic nitrogens is 4. The zero-order chi connectivity index (χ0) is 16.6. The highest BCUT2D eigenvalue weighted by molar-refractivity contribution is 7.25. The van der Waals surface area contributed by atoms with E-state index in [-0.39, 0.29) is 0 Å². The number of rotatable bonds is 2. The smallest absolute Gasteiger partial charge is 0.172 e. The third-order valence-electron chi connectivity index (χ3n) is 4.74. The van der Waals surface area contributed by atoms with Crippen LogP contribution in [0.4, 0.5) is 5.82 Å². The van der Waals surface area contributed by atoms with Gasteiger partial charge in [-0.3, -0.25) is 0 Å². The normalized spacial score (nSPS) is 15.1. The molecule has 6 heteroatoms. The Bertz CT molecular complexity index is 1040. The molecule has 1 fully saturated rings. The molecule has 4 aromatic rings. The molecule has 0 spiro atoms. The minimum Gasteiger partial charge on any atom is -0.354 e. The van der Waals surface area contributed by atoms with Crippen LogP contribution in [-0.2, 0) is 0 Å². The fourth-order valence-corrected chi connectivity index (χ4v) is 4.57. The van der Waals surface area contributed by atoms with Crippen molar-refractivity contribution in [3.63, 3.8) is 0 Å². The summed E-state index contributed by atoms with van der Waals surface area (Å²) < 4.78 is 1.10. The highest BCUT2D eigenvalue weighted by Gasteiger charge is 2.20. The lowest BCUT2D eigenvalue weighted by Crippen LogP contribution is -2.30. The highest BCUT2D eigenvalue weighted by Crippen LogP contribution is 2.37. The lowest BCUT2D eigenvalue weighted by molar-refractivity contribution is 0.571. The van der Waals surface area contributed by atoms with Gasteiger partial charge in [-0.05, 0) is 36.6 Å². The second-order valence-electron chi connectivity index (χ2n) is 6.36. The van der Waals surface area contributed by atoms with Crippen LogP contribution < -0.4 is 4.90 Å². The lowest BCUT2D eigenvalue weighted by atomic mass is 10.1. The molecule has 0 radical (unpaired) electrons. The van der Waals surface area contributed by atoms with Gasteiger partial charge in [-0.15, -0.1) is 21.5 Å². The van der Waals surface area contributed by atoms with Crippen LogP contribution >= 0.6 is 11.3 Å². The van der Waals surface area contributed by atoms with Crippen molar-refractivity contribution in [3.05, 3.63) is 42.5 Å². The van der Waals surface area contributed by atoms with Crippen molar-refractivity contribution < 1.29 is 0 Å². The number of hydrogen-bond acceptors (Lipinski definition) is 6. The van der Waals surface area contributed by atoms with E-state index in [1.54, 1.807) is 11.3 Å². The predicted octanol–water partition coefficient (Wildman–Crippen LogP) is 4.29. The third kappa shape index (κ3) is 2.53. The molecule has 4 heterocycles. The van der Waals surface area contributed by atoms with E-state index in [1.165, 1.54) is 19.3 Å². The van der Waals surface area contributed by atoms with Gasteiger partial charge < -0.3 is 4.90 Å². The number of fused-ring (bicyclic) bond motifs is 3. The molecule has 3 aromatic heterocycles. The van der Waals surface area contributed by atoms with Gasteiger partial charge in [0, 0.05) is 24.0 Å². The number of thiophene rings is 1. The number of anilines is 1. The Morgan fingerprint density at radius 2 is 1.72 bits per heavy atom. The van der Waals surface area contributed by atoms with Gasteiger partial charge in [0.05, 0.1) is 5.69 Å². The maximum atomic E-state index is 4.87. The summed E-state index contributed by atoms with van der Waals surface area (Å²) in [5, 5.41) is 13.8. The molecule has 0 bridgehead atoms.